The quantitative estimate of drug-likeness (QED) is 0.763. The fraction of sp³-hybridized carbons (Fsp3) is 0.286. The molecular formula is C14H15Br2NS. The molecule has 96 valence electrons. The maximum Gasteiger partial charge on any atom is 0.0758 e. The van der Waals surface area contributed by atoms with Crippen molar-refractivity contribution in [3.63, 3.8) is 0 Å². The summed E-state index contributed by atoms with van der Waals surface area (Å²) < 4.78 is 2.20. The molecule has 1 atom stereocenters. The highest BCUT2D eigenvalue weighted by Crippen LogP contribution is 2.42. The van der Waals surface area contributed by atoms with Crippen LogP contribution in [0.5, 0.6) is 0 Å². The zero-order valence-electron chi connectivity index (χ0n) is 10.3. The van der Waals surface area contributed by atoms with E-state index >= 15 is 0 Å². The fourth-order valence-corrected chi connectivity index (χ4v) is 4.93. The van der Waals surface area contributed by atoms with Crippen molar-refractivity contribution in [3.8, 4) is 0 Å². The topological polar surface area (TPSA) is 26.0 Å². The van der Waals surface area contributed by atoms with Gasteiger partial charge in [0.1, 0.15) is 0 Å². The van der Waals surface area contributed by atoms with Crippen LogP contribution in [0.2, 0.25) is 0 Å². The lowest BCUT2D eigenvalue weighted by Gasteiger charge is -2.32. The van der Waals surface area contributed by atoms with Crippen LogP contribution in [0.1, 0.15) is 31.0 Å². The van der Waals surface area contributed by atoms with E-state index in [1.54, 1.807) is 11.3 Å². The highest BCUT2D eigenvalue weighted by Gasteiger charge is 2.31. The summed E-state index contributed by atoms with van der Waals surface area (Å²) in [6, 6.07) is 12.5. The summed E-state index contributed by atoms with van der Waals surface area (Å²) in [5.74, 6) is 0. The Kier molecular flexibility index (Phi) is 4.32. The van der Waals surface area contributed by atoms with Crippen LogP contribution < -0.4 is 5.73 Å². The molecule has 0 saturated carbocycles. The minimum Gasteiger partial charge on any atom is -0.323 e. The van der Waals surface area contributed by atoms with E-state index in [1.165, 1.54) is 5.56 Å². The van der Waals surface area contributed by atoms with Gasteiger partial charge in [-0.15, -0.1) is 11.3 Å². The highest BCUT2D eigenvalue weighted by atomic mass is 79.9. The molecule has 1 nitrogen and oxygen atoms in total. The summed E-state index contributed by atoms with van der Waals surface area (Å²) in [5.41, 5.74) is 8.78. The number of hydrogen-bond donors (Lipinski definition) is 1. The summed E-state index contributed by atoms with van der Waals surface area (Å²) in [7, 11) is 0. The average molecular weight is 389 g/mol. The van der Waals surface area contributed by atoms with E-state index < -0.39 is 0 Å². The Morgan fingerprint density at radius 3 is 2.28 bits per heavy atom. The average Bonchev–Trinajstić information content (AvgIpc) is 2.68. The molecule has 1 heterocycles. The first-order valence-corrected chi connectivity index (χ1v) is 8.09. The van der Waals surface area contributed by atoms with Gasteiger partial charge in [-0.25, -0.2) is 0 Å². The Bertz CT molecular complexity index is 534. The second-order valence-electron chi connectivity index (χ2n) is 4.84. The predicted molar refractivity (Wildman–Crippen MR) is 86.1 cm³/mol. The summed E-state index contributed by atoms with van der Waals surface area (Å²) in [5, 5.41) is 0. The number of halogens is 2. The van der Waals surface area contributed by atoms with Gasteiger partial charge in [-0.3, -0.25) is 0 Å². The van der Waals surface area contributed by atoms with Gasteiger partial charge in [0.2, 0.25) is 0 Å². The van der Waals surface area contributed by atoms with Gasteiger partial charge in [-0.1, -0.05) is 44.2 Å². The Hall–Kier alpha value is -0.160. The van der Waals surface area contributed by atoms with Gasteiger partial charge in [-0.05, 0) is 49.1 Å². The van der Waals surface area contributed by atoms with Gasteiger partial charge in [0, 0.05) is 11.5 Å². The fourth-order valence-electron chi connectivity index (χ4n) is 2.00. The maximum absolute atomic E-state index is 6.47. The van der Waals surface area contributed by atoms with E-state index in [9.17, 15) is 0 Å². The van der Waals surface area contributed by atoms with Crippen molar-refractivity contribution >= 4 is 43.2 Å². The lowest BCUT2D eigenvalue weighted by Crippen LogP contribution is -2.33. The van der Waals surface area contributed by atoms with Gasteiger partial charge in [0.05, 0.1) is 7.57 Å². The molecule has 0 aliphatic rings. The van der Waals surface area contributed by atoms with Crippen molar-refractivity contribution in [2.75, 3.05) is 0 Å². The molecule has 1 aromatic heterocycles. The molecule has 2 rings (SSSR count). The van der Waals surface area contributed by atoms with Crippen LogP contribution in [0.3, 0.4) is 0 Å². The molecule has 0 spiro atoms. The lowest BCUT2D eigenvalue weighted by atomic mass is 9.76. The third kappa shape index (κ3) is 2.72. The Balaban J connectivity index is 2.39. The zero-order valence-corrected chi connectivity index (χ0v) is 14.3. The van der Waals surface area contributed by atoms with E-state index in [0.717, 1.165) is 13.1 Å². The normalized spacial score (nSPS) is 13.6. The largest absolute Gasteiger partial charge is 0.323 e. The summed E-state index contributed by atoms with van der Waals surface area (Å²) in [4.78, 5) is 0. The van der Waals surface area contributed by atoms with E-state index in [2.05, 4.69) is 76.0 Å². The predicted octanol–water partition coefficient (Wildman–Crippen LogP) is 5.25. The Morgan fingerprint density at radius 1 is 1.17 bits per heavy atom. The van der Waals surface area contributed by atoms with E-state index in [4.69, 9.17) is 5.73 Å². The molecule has 1 aromatic carbocycles. The second-order valence-corrected chi connectivity index (χ2v) is 8.59. The molecule has 1 unspecified atom stereocenters. The van der Waals surface area contributed by atoms with Crippen LogP contribution in [-0.2, 0) is 5.41 Å². The number of rotatable bonds is 3. The van der Waals surface area contributed by atoms with Gasteiger partial charge in [-0.2, -0.15) is 0 Å². The third-order valence-corrected chi connectivity index (χ3v) is 5.70. The smallest absolute Gasteiger partial charge is 0.0758 e. The van der Waals surface area contributed by atoms with Crippen molar-refractivity contribution < 1.29 is 0 Å². The Morgan fingerprint density at radius 2 is 1.78 bits per heavy atom. The molecule has 18 heavy (non-hydrogen) atoms. The van der Waals surface area contributed by atoms with E-state index in [1.807, 2.05) is 6.07 Å². The van der Waals surface area contributed by atoms with Gasteiger partial charge < -0.3 is 5.73 Å². The van der Waals surface area contributed by atoms with Crippen molar-refractivity contribution in [2.45, 2.75) is 25.3 Å². The molecular weight excluding hydrogens is 374 g/mol. The molecule has 2 N–H and O–H groups in total. The summed E-state index contributed by atoms with van der Waals surface area (Å²) in [6.45, 7) is 4.37. The van der Waals surface area contributed by atoms with Crippen LogP contribution >= 0.6 is 43.2 Å². The van der Waals surface area contributed by atoms with Crippen LogP contribution in [0, 0.1) is 0 Å². The SMILES string of the molecule is CC(C)(c1ccccc1)C(N)c1cc(Br)sc1Br. The number of nitrogens with two attached hydrogens (primary N) is 1. The zero-order chi connectivity index (χ0) is 13.3. The van der Waals surface area contributed by atoms with Gasteiger partial charge in [0.15, 0.2) is 0 Å². The molecule has 0 amide bonds. The van der Waals surface area contributed by atoms with Crippen molar-refractivity contribution in [2.24, 2.45) is 5.73 Å². The van der Waals surface area contributed by atoms with Crippen molar-refractivity contribution in [1.82, 2.24) is 0 Å². The van der Waals surface area contributed by atoms with Gasteiger partial charge in [0.25, 0.3) is 0 Å². The molecule has 0 radical (unpaired) electrons. The van der Waals surface area contributed by atoms with Gasteiger partial charge >= 0.3 is 0 Å². The Labute approximate surface area is 129 Å². The number of benzene rings is 1. The van der Waals surface area contributed by atoms with Crippen LogP contribution in [0.25, 0.3) is 0 Å². The molecule has 4 heteroatoms. The van der Waals surface area contributed by atoms with Crippen LogP contribution in [0.4, 0.5) is 0 Å². The minimum atomic E-state index is -0.107. The first-order chi connectivity index (χ1) is 8.43. The van der Waals surface area contributed by atoms with Crippen molar-refractivity contribution in [3.05, 3.63) is 55.1 Å². The second kappa shape index (κ2) is 5.45. The molecule has 0 saturated heterocycles. The van der Waals surface area contributed by atoms with Crippen molar-refractivity contribution in [1.29, 1.82) is 0 Å². The van der Waals surface area contributed by atoms with Crippen LogP contribution in [0.15, 0.2) is 44.0 Å². The summed E-state index contributed by atoms with van der Waals surface area (Å²) in [6.07, 6.45) is 0. The molecule has 0 bridgehead atoms. The molecule has 0 aliphatic heterocycles. The third-order valence-electron chi connectivity index (χ3n) is 3.31. The number of thiophene rings is 1. The molecule has 0 aliphatic carbocycles. The van der Waals surface area contributed by atoms with E-state index in [0.29, 0.717) is 0 Å². The monoisotopic (exact) mass is 387 g/mol. The highest BCUT2D eigenvalue weighted by molar-refractivity contribution is 9.12. The first-order valence-electron chi connectivity index (χ1n) is 5.68. The van der Waals surface area contributed by atoms with Crippen LogP contribution in [-0.4, -0.2) is 0 Å². The minimum absolute atomic E-state index is 0.0446. The molecule has 2 aromatic rings. The maximum atomic E-state index is 6.47. The summed E-state index contributed by atoms with van der Waals surface area (Å²) >= 11 is 8.76. The lowest BCUT2D eigenvalue weighted by molar-refractivity contribution is 0.420. The number of hydrogen-bond acceptors (Lipinski definition) is 2. The molecule has 0 fully saturated rings. The standard InChI is InChI=1S/C14H15Br2NS/c1-14(2,9-6-4-3-5-7-9)12(17)10-8-11(15)18-13(10)16/h3-8,12H,17H2,1-2H3. The first kappa shape index (κ1) is 14.3. The van der Waals surface area contributed by atoms with E-state index in [-0.39, 0.29) is 11.5 Å².